The number of ether oxygens (including phenoxy) is 1. The van der Waals surface area contributed by atoms with Crippen molar-refractivity contribution in [1.82, 2.24) is 5.32 Å². The van der Waals surface area contributed by atoms with Gasteiger partial charge < -0.3 is 10.1 Å². The zero-order valence-electron chi connectivity index (χ0n) is 11.4. The molecule has 0 aromatic carbocycles. The van der Waals surface area contributed by atoms with E-state index >= 15 is 0 Å². The molecule has 0 bridgehead atoms. The van der Waals surface area contributed by atoms with E-state index in [2.05, 4.69) is 5.32 Å². The van der Waals surface area contributed by atoms with E-state index < -0.39 is 9.84 Å². The summed E-state index contributed by atoms with van der Waals surface area (Å²) < 4.78 is 28.4. The highest BCUT2D eigenvalue weighted by atomic mass is 32.2. The highest BCUT2D eigenvalue weighted by Crippen LogP contribution is 2.03. The minimum atomic E-state index is -2.87. The summed E-state index contributed by atoms with van der Waals surface area (Å²) in [6, 6.07) is 0. The van der Waals surface area contributed by atoms with Crippen LogP contribution in [0.2, 0.25) is 0 Å². The van der Waals surface area contributed by atoms with Crippen LogP contribution >= 0.6 is 0 Å². The zero-order chi connectivity index (χ0) is 13.1. The second-order valence-corrected chi connectivity index (χ2v) is 6.94. The van der Waals surface area contributed by atoms with Crippen LogP contribution in [-0.4, -0.2) is 46.2 Å². The molecule has 5 heteroatoms. The van der Waals surface area contributed by atoms with Gasteiger partial charge in [-0.3, -0.25) is 0 Å². The van der Waals surface area contributed by atoms with E-state index in [0.717, 1.165) is 32.6 Å². The van der Waals surface area contributed by atoms with Gasteiger partial charge in [0.15, 0.2) is 9.84 Å². The third kappa shape index (κ3) is 12.1. The molecule has 0 atom stereocenters. The maximum absolute atomic E-state index is 11.6. The van der Waals surface area contributed by atoms with E-state index in [9.17, 15) is 8.42 Å². The van der Waals surface area contributed by atoms with E-state index in [-0.39, 0.29) is 5.75 Å². The van der Waals surface area contributed by atoms with Gasteiger partial charge in [-0.1, -0.05) is 13.8 Å². The second kappa shape index (κ2) is 9.85. The average molecular weight is 265 g/mol. The van der Waals surface area contributed by atoms with Gasteiger partial charge in [-0.25, -0.2) is 8.42 Å². The summed E-state index contributed by atoms with van der Waals surface area (Å²) in [4.78, 5) is 0. The molecule has 0 amide bonds. The molecule has 0 aromatic heterocycles. The lowest BCUT2D eigenvalue weighted by Gasteiger charge is -2.07. The van der Waals surface area contributed by atoms with Crippen LogP contribution in [-0.2, 0) is 14.6 Å². The molecule has 0 aromatic rings. The molecule has 0 unspecified atom stereocenters. The van der Waals surface area contributed by atoms with Crippen molar-refractivity contribution in [1.29, 1.82) is 0 Å². The van der Waals surface area contributed by atoms with Crippen molar-refractivity contribution >= 4 is 9.84 Å². The minimum absolute atomic E-state index is 0.244. The van der Waals surface area contributed by atoms with Crippen LogP contribution < -0.4 is 5.32 Å². The highest BCUT2D eigenvalue weighted by molar-refractivity contribution is 7.91. The summed E-state index contributed by atoms with van der Waals surface area (Å²) in [5.74, 6) is 1.00. The molecule has 0 heterocycles. The Morgan fingerprint density at radius 3 is 2.47 bits per heavy atom. The average Bonchev–Trinajstić information content (AvgIpc) is 2.25. The maximum Gasteiger partial charge on any atom is 0.151 e. The van der Waals surface area contributed by atoms with E-state index in [4.69, 9.17) is 4.74 Å². The van der Waals surface area contributed by atoms with Gasteiger partial charge in [0.2, 0.25) is 0 Å². The monoisotopic (exact) mass is 265 g/mol. The largest absolute Gasteiger partial charge is 0.382 e. The Kier molecular flexibility index (Phi) is 9.78. The number of sulfone groups is 1. The number of rotatable bonds is 11. The molecule has 0 aliphatic rings. The summed E-state index contributed by atoms with van der Waals surface area (Å²) in [7, 11) is -2.87. The SMILES string of the molecule is CCOCCCNCCS(=O)(=O)CCC(C)C. The Labute approximate surface area is 106 Å². The summed E-state index contributed by atoms with van der Waals surface area (Å²) in [6.45, 7) is 8.90. The number of nitrogens with one attached hydrogen (secondary N) is 1. The van der Waals surface area contributed by atoms with Gasteiger partial charge in [0.05, 0.1) is 11.5 Å². The van der Waals surface area contributed by atoms with Crippen LogP contribution in [0.15, 0.2) is 0 Å². The van der Waals surface area contributed by atoms with Gasteiger partial charge in [0.1, 0.15) is 0 Å². The van der Waals surface area contributed by atoms with Crippen LogP contribution in [0.5, 0.6) is 0 Å². The molecule has 4 nitrogen and oxygen atoms in total. The normalized spacial score (nSPS) is 12.2. The lowest BCUT2D eigenvalue weighted by molar-refractivity contribution is 0.145. The zero-order valence-corrected chi connectivity index (χ0v) is 12.2. The van der Waals surface area contributed by atoms with Gasteiger partial charge in [0.25, 0.3) is 0 Å². The smallest absolute Gasteiger partial charge is 0.151 e. The van der Waals surface area contributed by atoms with E-state index in [1.54, 1.807) is 0 Å². The fraction of sp³-hybridized carbons (Fsp3) is 1.00. The van der Waals surface area contributed by atoms with Crippen LogP contribution in [0.3, 0.4) is 0 Å². The predicted octanol–water partition coefficient (Wildman–Crippen LogP) is 1.46. The van der Waals surface area contributed by atoms with Crippen molar-refractivity contribution in [3.63, 3.8) is 0 Å². The number of hydrogen-bond donors (Lipinski definition) is 1. The Morgan fingerprint density at radius 1 is 1.18 bits per heavy atom. The van der Waals surface area contributed by atoms with Crippen LogP contribution in [0.1, 0.15) is 33.6 Å². The third-order valence-electron chi connectivity index (χ3n) is 2.44. The fourth-order valence-electron chi connectivity index (χ4n) is 1.31. The van der Waals surface area contributed by atoms with Gasteiger partial charge >= 0.3 is 0 Å². The van der Waals surface area contributed by atoms with Crippen molar-refractivity contribution in [2.45, 2.75) is 33.6 Å². The molecule has 17 heavy (non-hydrogen) atoms. The summed E-state index contributed by atoms with van der Waals surface area (Å²) in [6.07, 6.45) is 1.69. The second-order valence-electron chi connectivity index (χ2n) is 4.63. The molecule has 0 rings (SSSR count). The molecular formula is C12H27NO3S. The first kappa shape index (κ1) is 16.9. The Hall–Kier alpha value is -0.130. The predicted molar refractivity (Wildman–Crippen MR) is 72.1 cm³/mol. The highest BCUT2D eigenvalue weighted by Gasteiger charge is 2.10. The molecule has 1 N–H and O–H groups in total. The fourth-order valence-corrected chi connectivity index (χ4v) is 2.80. The van der Waals surface area contributed by atoms with E-state index in [0.29, 0.717) is 18.2 Å². The first-order valence-electron chi connectivity index (χ1n) is 6.47. The van der Waals surface area contributed by atoms with Crippen LogP contribution in [0.4, 0.5) is 0 Å². The molecule has 104 valence electrons. The quantitative estimate of drug-likeness (QED) is 0.575. The topological polar surface area (TPSA) is 55.4 Å². The van der Waals surface area contributed by atoms with Gasteiger partial charge in [-0.2, -0.15) is 0 Å². The Balaban J connectivity index is 3.46. The Bertz CT molecular complexity index is 263. The Morgan fingerprint density at radius 2 is 1.88 bits per heavy atom. The minimum Gasteiger partial charge on any atom is -0.382 e. The molecule has 0 aliphatic carbocycles. The van der Waals surface area contributed by atoms with Crippen molar-refractivity contribution < 1.29 is 13.2 Å². The molecule has 0 radical (unpaired) electrons. The lowest BCUT2D eigenvalue weighted by Crippen LogP contribution is -2.26. The molecule has 0 fully saturated rings. The lowest BCUT2D eigenvalue weighted by atomic mass is 10.2. The first-order chi connectivity index (χ1) is 7.98. The van der Waals surface area contributed by atoms with Crippen molar-refractivity contribution in [2.75, 3.05) is 37.8 Å². The van der Waals surface area contributed by atoms with Crippen LogP contribution in [0.25, 0.3) is 0 Å². The summed E-state index contributed by atoms with van der Waals surface area (Å²) >= 11 is 0. The van der Waals surface area contributed by atoms with Gasteiger partial charge in [-0.15, -0.1) is 0 Å². The summed E-state index contributed by atoms with van der Waals surface area (Å²) in [5, 5.41) is 3.13. The summed E-state index contributed by atoms with van der Waals surface area (Å²) in [5.41, 5.74) is 0. The van der Waals surface area contributed by atoms with Gasteiger partial charge in [-0.05, 0) is 32.2 Å². The van der Waals surface area contributed by atoms with E-state index in [1.165, 1.54) is 0 Å². The van der Waals surface area contributed by atoms with Crippen molar-refractivity contribution in [3.8, 4) is 0 Å². The standard InChI is InChI=1S/C12H27NO3S/c1-4-16-9-5-7-13-8-11-17(14,15)10-6-12(2)3/h12-13H,4-11H2,1-3H3. The molecule has 0 spiro atoms. The number of hydrogen-bond acceptors (Lipinski definition) is 4. The molecule has 0 saturated heterocycles. The maximum atomic E-state index is 11.6. The van der Waals surface area contributed by atoms with Crippen molar-refractivity contribution in [2.24, 2.45) is 5.92 Å². The molecule has 0 saturated carbocycles. The molecule has 0 aliphatic heterocycles. The van der Waals surface area contributed by atoms with Crippen LogP contribution in [0, 0.1) is 5.92 Å². The van der Waals surface area contributed by atoms with E-state index in [1.807, 2.05) is 20.8 Å². The molecular weight excluding hydrogens is 238 g/mol. The van der Waals surface area contributed by atoms with Crippen molar-refractivity contribution in [3.05, 3.63) is 0 Å². The first-order valence-corrected chi connectivity index (χ1v) is 8.29. The van der Waals surface area contributed by atoms with Gasteiger partial charge in [0, 0.05) is 19.8 Å². The third-order valence-corrected chi connectivity index (χ3v) is 4.13.